The van der Waals surface area contributed by atoms with Crippen molar-refractivity contribution in [3.63, 3.8) is 0 Å². The van der Waals surface area contributed by atoms with Gasteiger partial charge in [-0.2, -0.15) is 4.68 Å². The monoisotopic (exact) mass is 445 g/mol. The maximum Gasteiger partial charge on any atom is 0.242 e. The lowest BCUT2D eigenvalue weighted by atomic mass is 10.1. The third kappa shape index (κ3) is 3.62. The Balaban J connectivity index is 1.43. The molecule has 0 aliphatic carbocycles. The van der Waals surface area contributed by atoms with E-state index >= 15 is 0 Å². The maximum absolute atomic E-state index is 13.4. The fourth-order valence-electron chi connectivity index (χ4n) is 3.55. The van der Waals surface area contributed by atoms with Gasteiger partial charge in [-0.3, -0.25) is 9.69 Å². The second kappa shape index (κ2) is 8.20. The summed E-state index contributed by atoms with van der Waals surface area (Å²) >= 11 is 3.03. The summed E-state index contributed by atoms with van der Waals surface area (Å²) < 4.78 is 1.70. The van der Waals surface area contributed by atoms with E-state index in [9.17, 15) is 4.79 Å². The van der Waals surface area contributed by atoms with Crippen molar-refractivity contribution in [2.75, 3.05) is 10.7 Å². The fourth-order valence-corrected chi connectivity index (χ4v) is 5.34. The number of tetrazole rings is 1. The number of nitrogens with zero attached hydrogens (tertiary/aromatic N) is 5. The van der Waals surface area contributed by atoms with Gasteiger partial charge in [0.15, 0.2) is 0 Å². The van der Waals surface area contributed by atoms with Crippen LogP contribution in [0.3, 0.4) is 0 Å². The summed E-state index contributed by atoms with van der Waals surface area (Å²) in [4.78, 5) is 17.3. The predicted molar refractivity (Wildman–Crippen MR) is 124 cm³/mol. The highest BCUT2D eigenvalue weighted by molar-refractivity contribution is 8.00. The van der Waals surface area contributed by atoms with E-state index in [4.69, 9.17) is 0 Å². The number of para-hydroxylation sites is 2. The van der Waals surface area contributed by atoms with E-state index in [1.807, 2.05) is 67.6 Å². The molecule has 1 aliphatic heterocycles. The Kier molecular flexibility index (Phi) is 5.25. The Morgan fingerprint density at radius 1 is 0.903 bits per heavy atom. The number of thioether (sulfide) groups is 1. The van der Waals surface area contributed by atoms with Gasteiger partial charge in [0.2, 0.25) is 11.1 Å². The third-order valence-corrected chi connectivity index (χ3v) is 7.29. The number of fused-ring (bicyclic) bond motifs is 2. The van der Waals surface area contributed by atoms with Crippen LogP contribution >= 0.6 is 23.5 Å². The zero-order chi connectivity index (χ0) is 21.4. The molecular formula is C23H19N5OS2. The molecule has 1 amide bonds. The first-order valence-electron chi connectivity index (χ1n) is 9.80. The van der Waals surface area contributed by atoms with Crippen molar-refractivity contribution >= 4 is 40.8 Å². The third-order valence-electron chi connectivity index (χ3n) is 5.25. The predicted octanol–water partition coefficient (Wildman–Crippen LogP) is 5.20. The van der Waals surface area contributed by atoms with E-state index in [0.29, 0.717) is 5.16 Å². The summed E-state index contributed by atoms with van der Waals surface area (Å²) in [6.45, 7) is 4.11. The normalized spacial score (nSPS) is 12.4. The summed E-state index contributed by atoms with van der Waals surface area (Å²) in [5, 5.41) is 12.8. The summed E-state index contributed by atoms with van der Waals surface area (Å²) in [7, 11) is 0. The number of carbonyl (C=O) groups excluding carboxylic acids is 1. The van der Waals surface area contributed by atoms with Crippen LogP contribution in [0.2, 0.25) is 0 Å². The Morgan fingerprint density at radius 2 is 1.55 bits per heavy atom. The number of aryl methyl sites for hydroxylation is 1. The van der Waals surface area contributed by atoms with E-state index < -0.39 is 0 Å². The zero-order valence-electron chi connectivity index (χ0n) is 17.0. The average molecular weight is 446 g/mol. The summed E-state index contributed by atoms with van der Waals surface area (Å²) in [5.41, 5.74) is 5.01. The van der Waals surface area contributed by atoms with Gasteiger partial charge in [0, 0.05) is 9.79 Å². The molecule has 0 bridgehead atoms. The maximum atomic E-state index is 13.4. The fraction of sp³-hybridized carbons (Fsp3) is 0.130. The lowest BCUT2D eigenvalue weighted by molar-refractivity contribution is -0.115. The van der Waals surface area contributed by atoms with Gasteiger partial charge in [-0.15, -0.1) is 5.10 Å². The lowest BCUT2D eigenvalue weighted by Crippen LogP contribution is -2.30. The molecule has 8 heteroatoms. The van der Waals surface area contributed by atoms with Gasteiger partial charge >= 0.3 is 0 Å². The van der Waals surface area contributed by atoms with Crippen molar-refractivity contribution in [2.45, 2.75) is 28.8 Å². The summed E-state index contributed by atoms with van der Waals surface area (Å²) in [6.07, 6.45) is 0. The molecule has 2 heterocycles. The van der Waals surface area contributed by atoms with Gasteiger partial charge in [0.1, 0.15) is 0 Å². The largest absolute Gasteiger partial charge is 0.278 e. The SMILES string of the molecule is Cc1cccc(-n2nnnc2SCC(=O)N2c3ccccc3Sc3ccccc32)c1C. The highest BCUT2D eigenvalue weighted by Gasteiger charge is 2.28. The van der Waals surface area contributed by atoms with Gasteiger partial charge in [0.05, 0.1) is 22.8 Å². The Bertz CT molecular complexity index is 1240. The van der Waals surface area contributed by atoms with Crippen LogP contribution < -0.4 is 4.90 Å². The number of hydrogen-bond acceptors (Lipinski definition) is 6. The molecule has 0 atom stereocenters. The number of aromatic nitrogens is 4. The molecule has 0 radical (unpaired) electrons. The van der Waals surface area contributed by atoms with Gasteiger partial charge in [0.25, 0.3) is 0 Å². The number of hydrogen-bond donors (Lipinski definition) is 0. The first-order valence-corrected chi connectivity index (χ1v) is 11.6. The molecule has 0 unspecified atom stereocenters. The van der Waals surface area contributed by atoms with Crippen molar-refractivity contribution in [3.05, 3.63) is 77.9 Å². The minimum absolute atomic E-state index is 0.0132. The number of benzene rings is 3. The van der Waals surface area contributed by atoms with Crippen molar-refractivity contribution in [2.24, 2.45) is 0 Å². The molecule has 31 heavy (non-hydrogen) atoms. The standard InChI is InChI=1S/C23H19N5OS2/c1-15-8-7-11-17(16(15)2)28-23(24-25-26-28)30-14-22(29)27-18-9-3-5-12-20(18)31-21-13-6-4-10-19(21)27/h3-13H,14H2,1-2H3. The number of anilines is 2. The summed E-state index contributed by atoms with van der Waals surface area (Å²) in [6, 6.07) is 22.0. The molecule has 154 valence electrons. The minimum atomic E-state index is -0.0132. The lowest BCUT2D eigenvalue weighted by Gasteiger charge is -2.30. The Morgan fingerprint density at radius 3 is 2.26 bits per heavy atom. The molecule has 6 nitrogen and oxygen atoms in total. The van der Waals surface area contributed by atoms with Crippen LogP contribution in [0.1, 0.15) is 11.1 Å². The molecule has 1 aliphatic rings. The first kappa shape index (κ1) is 19.8. The molecule has 0 N–H and O–H groups in total. The average Bonchev–Trinajstić information content (AvgIpc) is 3.26. The number of amides is 1. The van der Waals surface area contributed by atoms with Crippen molar-refractivity contribution < 1.29 is 4.79 Å². The van der Waals surface area contributed by atoms with Crippen LogP contribution in [-0.4, -0.2) is 31.9 Å². The number of rotatable bonds is 4. The molecule has 4 aromatic rings. The van der Waals surface area contributed by atoms with Crippen LogP contribution in [0.4, 0.5) is 11.4 Å². The molecule has 3 aromatic carbocycles. The highest BCUT2D eigenvalue weighted by Crippen LogP contribution is 2.48. The van der Waals surface area contributed by atoms with Gasteiger partial charge in [-0.1, -0.05) is 59.9 Å². The van der Waals surface area contributed by atoms with E-state index in [1.165, 1.54) is 17.3 Å². The van der Waals surface area contributed by atoms with Crippen molar-refractivity contribution in [1.82, 2.24) is 20.2 Å². The van der Waals surface area contributed by atoms with Gasteiger partial charge in [-0.05, 0) is 65.7 Å². The van der Waals surface area contributed by atoms with Crippen molar-refractivity contribution in [1.29, 1.82) is 0 Å². The van der Waals surface area contributed by atoms with Crippen LogP contribution in [0.5, 0.6) is 0 Å². The number of carbonyl (C=O) groups is 1. The van der Waals surface area contributed by atoms with Crippen LogP contribution in [-0.2, 0) is 4.79 Å². The highest BCUT2D eigenvalue weighted by atomic mass is 32.2. The van der Waals surface area contributed by atoms with Crippen LogP contribution in [0.15, 0.2) is 81.7 Å². The second-order valence-corrected chi connectivity index (χ2v) is 9.17. The van der Waals surface area contributed by atoms with E-state index in [0.717, 1.165) is 32.4 Å². The van der Waals surface area contributed by atoms with E-state index in [1.54, 1.807) is 21.3 Å². The smallest absolute Gasteiger partial charge is 0.242 e. The topological polar surface area (TPSA) is 63.9 Å². The minimum Gasteiger partial charge on any atom is -0.278 e. The molecule has 0 saturated heterocycles. The molecule has 5 rings (SSSR count). The van der Waals surface area contributed by atoms with Crippen LogP contribution in [0.25, 0.3) is 5.69 Å². The molecule has 0 spiro atoms. The molecular weight excluding hydrogens is 426 g/mol. The zero-order valence-corrected chi connectivity index (χ0v) is 18.7. The summed E-state index contributed by atoms with van der Waals surface area (Å²) in [5.74, 6) is 0.208. The molecule has 0 saturated carbocycles. The molecule has 0 fully saturated rings. The van der Waals surface area contributed by atoms with Crippen LogP contribution in [0, 0.1) is 13.8 Å². The van der Waals surface area contributed by atoms with E-state index in [-0.39, 0.29) is 11.7 Å². The second-order valence-electron chi connectivity index (χ2n) is 7.15. The van der Waals surface area contributed by atoms with Gasteiger partial charge in [-0.25, -0.2) is 0 Å². The molecule has 1 aromatic heterocycles. The van der Waals surface area contributed by atoms with Crippen molar-refractivity contribution in [3.8, 4) is 5.69 Å². The Hall–Kier alpha value is -3.10. The quantitative estimate of drug-likeness (QED) is 0.402. The van der Waals surface area contributed by atoms with E-state index in [2.05, 4.69) is 28.5 Å². The van der Waals surface area contributed by atoms with Gasteiger partial charge < -0.3 is 0 Å². The Labute approximate surface area is 188 Å². The first-order chi connectivity index (χ1) is 15.1.